The highest BCUT2D eigenvalue weighted by molar-refractivity contribution is 5.99. The van der Waals surface area contributed by atoms with Crippen LogP contribution in [0.4, 0.5) is 5.69 Å². The molecule has 0 bridgehead atoms. The normalized spacial score (nSPS) is 23.2. The van der Waals surface area contributed by atoms with Crippen LogP contribution >= 0.6 is 0 Å². The lowest BCUT2D eigenvalue weighted by Gasteiger charge is -2.21. The van der Waals surface area contributed by atoms with E-state index in [-0.39, 0.29) is 23.7 Å². The number of carbonyl (C=O) groups excluding carboxylic acids is 2. The second-order valence-corrected chi connectivity index (χ2v) is 5.75. The van der Waals surface area contributed by atoms with E-state index >= 15 is 0 Å². The maximum Gasteiger partial charge on any atom is 0.255 e. The topological polar surface area (TPSA) is 92.2 Å². The third-order valence-electron chi connectivity index (χ3n) is 4.42. The molecular formula is C15H14N6O2. The van der Waals surface area contributed by atoms with Gasteiger partial charge in [0, 0.05) is 25.6 Å². The quantitative estimate of drug-likeness (QED) is 0.775. The number of hydrogen-bond acceptors (Lipinski definition) is 6. The number of nitrogens with zero attached hydrogens (tertiary/aromatic N) is 6. The molecule has 23 heavy (non-hydrogen) atoms. The lowest BCUT2D eigenvalue weighted by molar-refractivity contribution is -0.120. The van der Waals surface area contributed by atoms with Crippen molar-refractivity contribution in [1.82, 2.24) is 25.1 Å². The van der Waals surface area contributed by atoms with E-state index in [2.05, 4.69) is 20.2 Å². The highest BCUT2D eigenvalue weighted by Crippen LogP contribution is 2.35. The molecule has 0 aromatic carbocycles. The summed E-state index contributed by atoms with van der Waals surface area (Å²) in [6.07, 6.45) is 7.65. The monoisotopic (exact) mass is 310 g/mol. The Morgan fingerprint density at radius 1 is 1.09 bits per heavy atom. The van der Waals surface area contributed by atoms with Crippen molar-refractivity contribution in [3.8, 4) is 0 Å². The summed E-state index contributed by atoms with van der Waals surface area (Å²) in [5, 5.41) is 7.40. The summed E-state index contributed by atoms with van der Waals surface area (Å²) in [6.45, 7) is 1.60. The minimum Gasteiger partial charge on any atom is -0.337 e. The van der Waals surface area contributed by atoms with E-state index in [1.54, 1.807) is 28.3 Å². The summed E-state index contributed by atoms with van der Waals surface area (Å²) >= 11 is 0. The zero-order valence-electron chi connectivity index (χ0n) is 12.2. The van der Waals surface area contributed by atoms with E-state index in [1.165, 1.54) is 18.7 Å². The molecule has 0 N–H and O–H groups in total. The van der Waals surface area contributed by atoms with E-state index in [0.717, 1.165) is 0 Å². The van der Waals surface area contributed by atoms with Crippen molar-refractivity contribution >= 4 is 17.5 Å². The smallest absolute Gasteiger partial charge is 0.255 e. The molecule has 4 rings (SSSR count). The van der Waals surface area contributed by atoms with Gasteiger partial charge < -0.3 is 9.80 Å². The van der Waals surface area contributed by atoms with Gasteiger partial charge in [0.05, 0.1) is 42.0 Å². The Morgan fingerprint density at radius 2 is 1.91 bits per heavy atom. The molecule has 0 spiro atoms. The molecule has 116 valence electrons. The third kappa shape index (κ3) is 2.32. The van der Waals surface area contributed by atoms with E-state index in [0.29, 0.717) is 30.9 Å². The Morgan fingerprint density at radius 3 is 2.61 bits per heavy atom. The lowest BCUT2D eigenvalue weighted by Crippen LogP contribution is -2.35. The Balaban J connectivity index is 1.49. The van der Waals surface area contributed by atoms with Crippen LogP contribution in [0.5, 0.6) is 0 Å². The van der Waals surface area contributed by atoms with Gasteiger partial charge in [0.25, 0.3) is 5.91 Å². The minimum atomic E-state index is -0.158. The number of amides is 2. The molecule has 8 nitrogen and oxygen atoms in total. The minimum absolute atomic E-state index is 0.0351. The summed E-state index contributed by atoms with van der Waals surface area (Å²) in [7, 11) is 0. The van der Waals surface area contributed by atoms with Gasteiger partial charge in [-0.15, -0.1) is 0 Å². The van der Waals surface area contributed by atoms with Gasteiger partial charge >= 0.3 is 0 Å². The largest absolute Gasteiger partial charge is 0.337 e. The van der Waals surface area contributed by atoms with Gasteiger partial charge in [-0.25, -0.2) is 9.97 Å². The SMILES string of the molecule is O=C(c1ccnnc1)N1C[C@H]2CN(c3cncnc3)C(=O)[C@H]2C1. The second kappa shape index (κ2) is 5.38. The van der Waals surface area contributed by atoms with Crippen molar-refractivity contribution in [3.05, 3.63) is 42.7 Å². The molecule has 4 heterocycles. The van der Waals surface area contributed by atoms with Crippen LogP contribution in [0.1, 0.15) is 10.4 Å². The van der Waals surface area contributed by atoms with Gasteiger partial charge in [0.2, 0.25) is 5.91 Å². The molecule has 2 aromatic heterocycles. The fraction of sp³-hybridized carbons (Fsp3) is 0.333. The first-order chi connectivity index (χ1) is 11.2. The van der Waals surface area contributed by atoms with E-state index < -0.39 is 0 Å². The van der Waals surface area contributed by atoms with Crippen molar-refractivity contribution in [1.29, 1.82) is 0 Å². The number of aromatic nitrogens is 4. The number of rotatable bonds is 2. The molecule has 0 radical (unpaired) electrons. The van der Waals surface area contributed by atoms with Crippen molar-refractivity contribution < 1.29 is 9.59 Å². The summed E-state index contributed by atoms with van der Waals surface area (Å²) in [5.74, 6) is -0.0833. The fourth-order valence-electron chi connectivity index (χ4n) is 3.29. The van der Waals surface area contributed by atoms with Crippen molar-refractivity contribution in [2.24, 2.45) is 11.8 Å². The standard InChI is InChI=1S/C15H14N6O2/c22-14(10-1-2-18-19-3-10)20-6-11-7-21(15(23)13(11)8-20)12-4-16-9-17-5-12/h1-5,9,11,13H,6-8H2/t11-,13-/m0/s1. The first kappa shape index (κ1) is 13.7. The molecule has 2 aliphatic rings. The number of likely N-dealkylation sites (tertiary alicyclic amines) is 1. The molecule has 2 aromatic rings. The summed E-state index contributed by atoms with van der Waals surface area (Å²) in [5.41, 5.74) is 1.21. The summed E-state index contributed by atoms with van der Waals surface area (Å²) < 4.78 is 0. The Kier molecular flexibility index (Phi) is 3.22. The third-order valence-corrected chi connectivity index (χ3v) is 4.42. The van der Waals surface area contributed by atoms with E-state index in [4.69, 9.17) is 0 Å². The van der Waals surface area contributed by atoms with Gasteiger partial charge in [-0.1, -0.05) is 0 Å². The molecule has 2 amide bonds. The second-order valence-electron chi connectivity index (χ2n) is 5.75. The van der Waals surface area contributed by atoms with Gasteiger partial charge in [0.1, 0.15) is 6.33 Å². The Bertz CT molecular complexity index is 738. The number of hydrogen-bond donors (Lipinski definition) is 0. The Labute approximate surface area is 132 Å². The van der Waals surface area contributed by atoms with Crippen LogP contribution in [0.25, 0.3) is 0 Å². The summed E-state index contributed by atoms with van der Waals surface area (Å²) in [6, 6.07) is 1.64. The van der Waals surface area contributed by atoms with Crippen molar-refractivity contribution in [2.75, 3.05) is 24.5 Å². The van der Waals surface area contributed by atoms with Crippen LogP contribution in [-0.2, 0) is 4.79 Å². The molecule has 2 aliphatic heterocycles. The Hall–Kier alpha value is -2.90. The zero-order valence-corrected chi connectivity index (χ0v) is 12.2. The molecule has 0 aliphatic carbocycles. The number of carbonyl (C=O) groups is 2. The first-order valence-corrected chi connectivity index (χ1v) is 7.36. The average molecular weight is 310 g/mol. The highest BCUT2D eigenvalue weighted by Gasteiger charge is 2.48. The first-order valence-electron chi connectivity index (χ1n) is 7.36. The van der Waals surface area contributed by atoms with Crippen LogP contribution in [0.15, 0.2) is 37.2 Å². The molecule has 8 heteroatoms. The van der Waals surface area contributed by atoms with Crippen LogP contribution in [-0.4, -0.2) is 56.5 Å². The molecule has 0 unspecified atom stereocenters. The number of anilines is 1. The van der Waals surface area contributed by atoms with Crippen LogP contribution in [0.3, 0.4) is 0 Å². The van der Waals surface area contributed by atoms with Crippen molar-refractivity contribution in [3.63, 3.8) is 0 Å². The predicted molar refractivity (Wildman–Crippen MR) is 79.3 cm³/mol. The molecule has 2 atom stereocenters. The van der Waals surface area contributed by atoms with Crippen LogP contribution in [0.2, 0.25) is 0 Å². The van der Waals surface area contributed by atoms with Gasteiger partial charge in [-0.05, 0) is 6.07 Å². The molecular weight excluding hydrogens is 296 g/mol. The van der Waals surface area contributed by atoms with Crippen LogP contribution < -0.4 is 4.90 Å². The molecule has 2 saturated heterocycles. The summed E-state index contributed by atoms with van der Waals surface area (Å²) in [4.78, 5) is 36.4. The zero-order chi connectivity index (χ0) is 15.8. The molecule has 2 fully saturated rings. The van der Waals surface area contributed by atoms with Crippen molar-refractivity contribution in [2.45, 2.75) is 0 Å². The van der Waals surface area contributed by atoms with E-state index in [1.807, 2.05) is 0 Å². The highest BCUT2D eigenvalue weighted by atomic mass is 16.2. The number of fused-ring (bicyclic) bond motifs is 1. The molecule has 0 saturated carbocycles. The maximum atomic E-state index is 12.6. The van der Waals surface area contributed by atoms with Crippen LogP contribution in [0, 0.1) is 11.8 Å². The van der Waals surface area contributed by atoms with Gasteiger partial charge in [0.15, 0.2) is 0 Å². The average Bonchev–Trinajstić information content (AvgIpc) is 3.16. The fourth-order valence-corrected chi connectivity index (χ4v) is 3.29. The van der Waals surface area contributed by atoms with Gasteiger partial charge in [-0.2, -0.15) is 10.2 Å². The maximum absolute atomic E-state index is 12.6. The lowest BCUT2D eigenvalue weighted by atomic mass is 10.0. The van der Waals surface area contributed by atoms with Gasteiger partial charge in [-0.3, -0.25) is 9.59 Å². The predicted octanol–water partition coefficient (Wildman–Crippen LogP) is 0.00160. The van der Waals surface area contributed by atoms with E-state index in [9.17, 15) is 9.59 Å².